The summed E-state index contributed by atoms with van der Waals surface area (Å²) in [5.74, 6) is 0.550. The average Bonchev–Trinajstić information content (AvgIpc) is 2.82. The summed E-state index contributed by atoms with van der Waals surface area (Å²) in [7, 11) is 0. The molecule has 1 aliphatic rings. The maximum atomic E-state index is 10.3. The lowest BCUT2D eigenvalue weighted by Gasteiger charge is -2.17. The van der Waals surface area contributed by atoms with Crippen LogP contribution in [0.5, 0.6) is 11.5 Å². The molecule has 0 saturated carbocycles. The Bertz CT molecular complexity index is 935. The topological polar surface area (TPSA) is 52.8 Å². The molecule has 3 aromatic rings. The smallest absolute Gasteiger partial charge is 0.119 e. The average molecular weight is 347 g/mol. The van der Waals surface area contributed by atoms with Crippen molar-refractivity contribution < 1.29 is 10.2 Å². The van der Waals surface area contributed by atoms with E-state index in [2.05, 4.69) is 6.07 Å². The van der Waals surface area contributed by atoms with Crippen LogP contribution in [0.25, 0.3) is 0 Å². The van der Waals surface area contributed by atoms with E-state index in [-0.39, 0.29) is 11.0 Å². The number of nitrogens with zero attached hydrogens (tertiary/aromatic N) is 1. The molecule has 0 amide bonds. The van der Waals surface area contributed by atoms with Crippen LogP contribution in [0.15, 0.2) is 82.7 Å². The number of hydrogen-bond acceptors (Lipinski definition) is 4. The monoisotopic (exact) mass is 347 g/mol. The molecule has 4 heteroatoms. The van der Waals surface area contributed by atoms with Gasteiger partial charge in [-0.1, -0.05) is 30.3 Å². The zero-order valence-corrected chi connectivity index (χ0v) is 14.3. The summed E-state index contributed by atoms with van der Waals surface area (Å²) in [6.07, 6.45) is 0.696. The van der Waals surface area contributed by atoms with Crippen LogP contribution in [0.4, 0.5) is 5.69 Å². The Labute approximate surface area is 150 Å². The Morgan fingerprint density at radius 2 is 1.56 bits per heavy atom. The highest BCUT2D eigenvalue weighted by atomic mass is 32.2. The van der Waals surface area contributed by atoms with Gasteiger partial charge >= 0.3 is 0 Å². The standard InChI is InChI=1S/C21H17NO2S/c23-15-11-9-14(10-12-15)18-13-21(16-5-1-3-7-19(16)24)25-20-8-4-2-6-17(20)22-18/h1-12,21,23-24H,13H2. The van der Waals surface area contributed by atoms with E-state index < -0.39 is 0 Å². The van der Waals surface area contributed by atoms with E-state index in [0.717, 1.165) is 27.4 Å². The molecule has 1 aliphatic heterocycles. The summed E-state index contributed by atoms with van der Waals surface area (Å²) in [5.41, 5.74) is 3.78. The van der Waals surface area contributed by atoms with Gasteiger partial charge in [-0.3, -0.25) is 4.99 Å². The molecular weight excluding hydrogens is 330 g/mol. The van der Waals surface area contributed by atoms with E-state index in [9.17, 15) is 10.2 Å². The third kappa shape index (κ3) is 3.26. The van der Waals surface area contributed by atoms with Gasteiger partial charge < -0.3 is 10.2 Å². The second-order valence-corrected chi connectivity index (χ2v) is 7.19. The number of para-hydroxylation sites is 2. The van der Waals surface area contributed by atoms with Crippen molar-refractivity contribution in [3.8, 4) is 11.5 Å². The number of fused-ring (bicyclic) bond motifs is 1. The van der Waals surface area contributed by atoms with Crippen molar-refractivity contribution >= 4 is 23.2 Å². The van der Waals surface area contributed by atoms with Crippen LogP contribution in [0.1, 0.15) is 22.8 Å². The third-order valence-corrected chi connectivity index (χ3v) is 5.56. The van der Waals surface area contributed by atoms with Crippen LogP contribution in [0, 0.1) is 0 Å². The molecule has 1 atom stereocenters. The zero-order chi connectivity index (χ0) is 17.2. The van der Waals surface area contributed by atoms with Gasteiger partial charge in [-0.05, 0) is 48.0 Å². The van der Waals surface area contributed by atoms with Crippen LogP contribution in [-0.4, -0.2) is 15.9 Å². The summed E-state index contributed by atoms with van der Waals surface area (Å²) < 4.78 is 0. The lowest BCUT2D eigenvalue weighted by Crippen LogP contribution is -2.05. The molecule has 0 aromatic heterocycles. The molecule has 0 fully saturated rings. The number of phenols is 2. The van der Waals surface area contributed by atoms with Crippen LogP contribution in [0.2, 0.25) is 0 Å². The summed E-state index contributed by atoms with van der Waals surface area (Å²) in [6.45, 7) is 0. The molecule has 0 bridgehead atoms. The quantitative estimate of drug-likeness (QED) is 0.647. The largest absolute Gasteiger partial charge is 0.508 e. The highest BCUT2D eigenvalue weighted by molar-refractivity contribution is 7.99. The molecule has 3 aromatic carbocycles. The first-order valence-electron chi connectivity index (χ1n) is 8.11. The highest BCUT2D eigenvalue weighted by Crippen LogP contribution is 2.47. The van der Waals surface area contributed by atoms with Crippen molar-refractivity contribution in [2.45, 2.75) is 16.6 Å². The highest BCUT2D eigenvalue weighted by Gasteiger charge is 2.24. The molecule has 0 saturated heterocycles. The molecule has 124 valence electrons. The van der Waals surface area contributed by atoms with Crippen LogP contribution in [0.3, 0.4) is 0 Å². The maximum absolute atomic E-state index is 10.3. The van der Waals surface area contributed by atoms with Gasteiger partial charge in [0.15, 0.2) is 0 Å². The molecule has 1 unspecified atom stereocenters. The van der Waals surface area contributed by atoms with E-state index in [1.165, 1.54) is 0 Å². The molecule has 1 heterocycles. The Hall–Kier alpha value is -2.72. The number of benzene rings is 3. The molecule has 25 heavy (non-hydrogen) atoms. The van der Waals surface area contributed by atoms with Gasteiger partial charge in [-0.25, -0.2) is 0 Å². The van der Waals surface area contributed by atoms with Crippen molar-refractivity contribution in [3.63, 3.8) is 0 Å². The minimum absolute atomic E-state index is 0.0670. The number of rotatable bonds is 2. The van der Waals surface area contributed by atoms with Crippen LogP contribution < -0.4 is 0 Å². The first-order valence-corrected chi connectivity index (χ1v) is 8.99. The lowest BCUT2D eigenvalue weighted by molar-refractivity contribution is 0.468. The van der Waals surface area contributed by atoms with Crippen molar-refractivity contribution in [1.82, 2.24) is 0 Å². The van der Waals surface area contributed by atoms with Gasteiger partial charge in [0.1, 0.15) is 11.5 Å². The van der Waals surface area contributed by atoms with Gasteiger partial charge in [0.25, 0.3) is 0 Å². The number of aromatic hydroxyl groups is 2. The van der Waals surface area contributed by atoms with E-state index in [4.69, 9.17) is 4.99 Å². The fourth-order valence-electron chi connectivity index (χ4n) is 2.98. The van der Waals surface area contributed by atoms with Gasteiger partial charge in [-0.15, -0.1) is 11.8 Å². The first kappa shape index (κ1) is 15.8. The van der Waals surface area contributed by atoms with Crippen molar-refractivity contribution in [2.24, 2.45) is 4.99 Å². The minimum atomic E-state index is 0.0670. The number of aliphatic imine (C=N–C) groups is 1. The molecule has 0 aliphatic carbocycles. The summed E-state index contributed by atoms with van der Waals surface area (Å²) in [4.78, 5) is 5.98. The molecule has 3 nitrogen and oxygen atoms in total. The molecule has 4 rings (SSSR count). The summed E-state index contributed by atoms with van der Waals surface area (Å²) in [5, 5.41) is 19.9. The lowest BCUT2D eigenvalue weighted by atomic mass is 10.0. The van der Waals surface area contributed by atoms with Crippen molar-refractivity contribution in [1.29, 1.82) is 0 Å². The molecular formula is C21H17NO2S. The second kappa shape index (κ2) is 6.65. The summed E-state index contributed by atoms with van der Waals surface area (Å²) >= 11 is 1.72. The maximum Gasteiger partial charge on any atom is 0.119 e. The van der Waals surface area contributed by atoms with E-state index in [1.807, 2.05) is 48.5 Å². The summed E-state index contributed by atoms with van der Waals surface area (Å²) in [6, 6.07) is 22.7. The fraction of sp³-hybridized carbons (Fsp3) is 0.0952. The second-order valence-electron chi connectivity index (χ2n) is 5.94. The van der Waals surface area contributed by atoms with Gasteiger partial charge in [0.05, 0.1) is 5.69 Å². The molecule has 0 radical (unpaired) electrons. The fourth-order valence-corrected chi connectivity index (χ4v) is 4.25. The van der Waals surface area contributed by atoms with Crippen molar-refractivity contribution in [2.75, 3.05) is 0 Å². The Kier molecular flexibility index (Phi) is 4.20. The van der Waals surface area contributed by atoms with Crippen LogP contribution >= 0.6 is 11.8 Å². The molecule has 0 spiro atoms. The zero-order valence-electron chi connectivity index (χ0n) is 13.5. The van der Waals surface area contributed by atoms with Gasteiger partial charge in [0.2, 0.25) is 0 Å². The Morgan fingerprint density at radius 3 is 2.36 bits per heavy atom. The predicted octanol–water partition coefficient (Wildman–Crippen LogP) is 5.46. The van der Waals surface area contributed by atoms with E-state index in [1.54, 1.807) is 30.0 Å². The number of hydrogen-bond donors (Lipinski definition) is 2. The normalized spacial score (nSPS) is 16.6. The van der Waals surface area contributed by atoms with Crippen molar-refractivity contribution in [3.05, 3.63) is 83.9 Å². The third-order valence-electron chi connectivity index (χ3n) is 4.25. The van der Waals surface area contributed by atoms with Gasteiger partial charge in [-0.2, -0.15) is 0 Å². The van der Waals surface area contributed by atoms with E-state index >= 15 is 0 Å². The van der Waals surface area contributed by atoms with Crippen LogP contribution in [-0.2, 0) is 0 Å². The number of thioether (sulfide) groups is 1. The van der Waals surface area contributed by atoms with E-state index in [0.29, 0.717) is 12.2 Å². The Balaban J connectivity index is 1.82. The first-order chi connectivity index (χ1) is 12.2. The Morgan fingerprint density at radius 1 is 0.840 bits per heavy atom. The van der Waals surface area contributed by atoms with Gasteiger partial charge in [0, 0.05) is 27.8 Å². The number of phenolic OH excluding ortho intramolecular Hbond substituents is 2. The SMILES string of the molecule is Oc1ccc(C2=Nc3ccccc3SC(c3ccccc3O)C2)cc1. The minimum Gasteiger partial charge on any atom is -0.508 e. The predicted molar refractivity (Wildman–Crippen MR) is 102 cm³/mol. The molecule has 2 N–H and O–H groups in total.